The molecule has 1 amide bonds. The molecule has 0 heterocycles. The summed E-state index contributed by atoms with van der Waals surface area (Å²) < 4.78 is 23.1. The summed E-state index contributed by atoms with van der Waals surface area (Å²) in [4.78, 5) is 12.1. The molecule has 2 rings (SSSR count). The smallest absolute Gasteiger partial charge is 0.326 e. The van der Waals surface area contributed by atoms with E-state index in [2.05, 4.69) is 5.32 Å². The van der Waals surface area contributed by atoms with Crippen molar-refractivity contribution in [3.63, 3.8) is 0 Å². The predicted octanol–water partition coefficient (Wildman–Crippen LogP) is 3.28. The second kappa shape index (κ2) is 6.53. The van der Waals surface area contributed by atoms with Crippen molar-refractivity contribution in [1.82, 2.24) is 0 Å². The second-order valence-electron chi connectivity index (χ2n) is 4.64. The Hall–Kier alpha value is -1.16. The summed E-state index contributed by atoms with van der Waals surface area (Å²) in [6.07, 6.45) is 0.552. The van der Waals surface area contributed by atoms with Crippen molar-refractivity contribution in [3.8, 4) is 0 Å². The molecule has 1 aliphatic carbocycles. The molecule has 0 saturated heterocycles. The molecule has 6 heteroatoms. The Morgan fingerprint density at radius 2 is 1.85 bits per heavy atom. The molecule has 1 saturated carbocycles. The first-order chi connectivity index (χ1) is 9.60. The fourth-order valence-electron chi connectivity index (χ4n) is 2.16. The summed E-state index contributed by atoms with van der Waals surface area (Å²) in [5.41, 5.74) is 0.428. The van der Waals surface area contributed by atoms with Gasteiger partial charge in [-0.1, -0.05) is 18.2 Å². The number of carbonyl (C=O) groups excluding carboxylic acids is 1. The molecule has 0 bridgehead atoms. The molecule has 0 unspecified atom stereocenters. The van der Waals surface area contributed by atoms with Crippen LogP contribution in [0.2, 0.25) is 0 Å². The summed E-state index contributed by atoms with van der Waals surface area (Å²) in [6.45, 7) is 4.18. The van der Waals surface area contributed by atoms with Crippen LogP contribution >= 0.6 is 7.60 Å². The first-order valence-electron chi connectivity index (χ1n) is 6.85. The molecule has 1 aliphatic rings. The van der Waals surface area contributed by atoms with Gasteiger partial charge in [0, 0.05) is 5.69 Å². The summed E-state index contributed by atoms with van der Waals surface area (Å²) in [5.74, 6) is -0.417. The standard InChI is InChI=1S/C14H20NO4P/c1-3-18-20(17,19-4-2)13-10-12(13)14(16)15-11-8-6-5-7-9-11/h5-9,12-13H,3-4,10H2,1-2H3,(H,15,16)/t12-,13-/m1/s1. The van der Waals surface area contributed by atoms with Gasteiger partial charge in [-0.05, 0) is 32.4 Å². The predicted molar refractivity (Wildman–Crippen MR) is 77.8 cm³/mol. The molecule has 0 aromatic heterocycles. The van der Waals surface area contributed by atoms with Crippen molar-refractivity contribution < 1.29 is 18.4 Å². The molecule has 1 aromatic rings. The minimum atomic E-state index is -3.16. The zero-order valence-electron chi connectivity index (χ0n) is 11.7. The van der Waals surface area contributed by atoms with Gasteiger partial charge in [0.25, 0.3) is 0 Å². The van der Waals surface area contributed by atoms with Crippen LogP contribution in [-0.2, 0) is 18.4 Å². The van der Waals surface area contributed by atoms with Gasteiger partial charge in [-0.3, -0.25) is 9.36 Å². The minimum absolute atomic E-state index is 0.124. The number of amides is 1. The third-order valence-corrected chi connectivity index (χ3v) is 5.78. The van der Waals surface area contributed by atoms with Crippen molar-refractivity contribution >= 4 is 19.2 Å². The normalized spacial score (nSPS) is 21.5. The van der Waals surface area contributed by atoms with Gasteiger partial charge in [-0.25, -0.2) is 0 Å². The Morgan fingerprint density at radius 3 is 2.40 bits per heavy atom. The van der Waals surface area contributed by atoms with Crippen molar-refractivity contribution in [2.45, 2.75) is 25.9 Å². The number of benzene rings is 1. The molecule has 20 heavy (non-hydrogen) atoms. The van der Waals surface area contributed by atoms with Gasteiger partial charge in [0.05, 0.1) is 24.8 Å². The van der Waals surface area contributed by atoms with Crippen molar-refractivity contribution in [2.24, 2.45) is 5.92 Å². The molecular formula is C14H20NO4P. The quantitative estimate of drug-likeness (QED) is 0.784. The van der Waals surface area contributed by atoms with Crippen LogP contribution in [0.1, 0.15) is 20.3 Å². The van der Waals surface area contributed by atoms with E-state index in [1.165, 1.54) is 0 Å². The number of anilines is 1. The maximum absolute atomic E-state index is 12.5. The van der Waals surface area contributed by atoms with Crippen molar-refractivity contribution in [3.05, 3.63) is 30.3 Å². The number of para-hydroxylation sites is 1. The molecule has 1 fully saturated rings. The molecule has 0 radical (unpaired) electrons. The van der Waals surface area contributed by atoms with Crippen LogP contribution in [0.3, 0.4) is 0 Å². The number of hydrogen-bond donors (Lipinski definition) is 1. The van der Waals surface area contributed by atoms with E-state index in [0.29, 0.717) is 19.6 Å². The van der Waals surface area contributed by atoms with E-state index in [-0.39, 0.29) is 17.5 Å². The number of carbonyl (C=O) groups is 1. The zero-order valence-corrected chi connectivity index (χ0v) is 12.6. The van der Waals surface area contributed by atoms with Gasteiger partial charge in [-0.15, -0.1) is 0 Å². The first-order valence-corrected chi connectivity index (χ1v) is 8.46. The lowest BCUT2D eigenvalue weighted by Crippen LogP contribution is -2.16. The summed E-state index contributed by atoms with van der Waals surface area (Å²) in [7, 11) is -3.16. The topological polar surface area (TPSA) is 64.6 Å². The van der Waals surface area contributed by atoms with Crippen LogP contribution in [0.25, 0.3) is 0 Å². The average Bonchev–Trinajstić information content (AvgIpc) is 3.21. The van der Waals surface area contributed by atoms with Crippen LogP contribution in [0.4, 0.5) is 5.69 Å². The Kier molecular flexibility index (Phi) is 4.97. The molecular weight excluding hydrogens is 277 g/mol. The molecule has 1 N–H and O–H groups in total. The lowest BCUT2D eigenvalue weighted by molar-refractivity contribution is -0.117. The van der Waals surface area contributed by atoms with Crippen molar-refractivity contribution in [2.75, 3.05) is 18.5 Å². The van der Waals surface area contributed by atoms with Gasteiger partial charge in [-0.2, -0.15) is 0 Å². The van der Waals surface area contributed by atoms with E-state index in [1.54, 1.807) is 13.8 Å². The summed E-state index contributed by atoms with van der Waals surface area (Å²) >= 11 is 0. The molecule has 110 valence electrons. The molecule has 2 atom stereocenters. The largest absolute Gasteiger partial charge is 0.334 e. The average molecular weight is 297 g/mol. The molecule has 0 spiro atoms. The highest BCUT2D eigenvalue weighted by Gasteiger charge is 2.56. The highest BCUT2D eigenvalue weighted by molar-refractivity contribution is 7.55. The monoisotopic (exact) mass is 297 g/mol. The highest BCUT2D eigenvalue weighted by atomic mass is 31.2. The molecule has 1 aromatic carbocycles. The Balaban J connectivity index is 1.96. The van der Waals surface area contributed by atoms with Gasteiger partial charge in [0.15, 0.2) is 0 Å². The van der Waals surface area contributed by atoms with Crippen LogP contribution in [0.15, 0.2) is 30.3 Å². The van der Waals surface area contributed by atoms with Crippen molar-refractivity contribution in [1.29, 1.82) is 0 Å². The first kappa shape index (κ1) is 15.2. The SMILES string of the molecule is CCOP(=O)(OCC)[C@@H]1C[C@H]1C(=O)Nc1ccccc1. The lowest BCUT2D eigenvalue weighted by Gasteiger charge is -2.16. The van der Waals surface area contributed by atoms with E-state index in [9.17, 15) is 9.36 Å². The third-order valence-electron chi connectivity index (χ3n) is 3.16. The maximum Gasteiger partial charge on any atom is 0.334 e. The lowest BCUT2D eigenvalue weighted by atomic mass is 10.3. The van der Waals surface area contributed by atoms with E-state index in [1.807, 2.05) is 30.3 Å². The highest BCUT2D eigenvalue weighted by Crippen LogP contribution is 2.65. The second-order valence-corrected chi connectivity index (χ2v) is 6.90. The fourth-order valence-corrected chi connectivity index (χ4v) is 4.40. The van der Waals surface area contributed by atoms with Gasteiger partial charge in [0.1, 0.15) is 0 Å². The zero-order chi connectivity index (χ0) is 14.6. The summed E-state index contributed by atoms with van der Waals surface area (Å²) in [6, 6.07) is 9.23. The minimum Gasteiger partial charge on any atom is -0.326 e. The van der Waals surface area contributed by atoms with E-state index < -0.39 is 7.60 Å². The summed E-state index contributed by atoms with van der Waals surface area (Å²) in [5, 5.41) is 2.82. The van der Waals surface area contributed by atoms with Gasteiger partial charge in [0.2, 0.25) is 5.91 Å². The number of hydrogen-bond acceptors (Lipinski definition) is 4. The van der Waals surface area contributed by atoms with Crippen LogP contribution in [0, 0.1) is 5.92 Å². The van der Waals surface area contributed by atoms with E-state index in [0.717, 1.165) is 5.69 Å². The van der Waals surface area contributed by atoms with Crippen LogP contribution in [0.5, 0.6) is 0 Å². The maximum atomic E-state index is 12.5. The fraction of sp³-hybridized carbons (Fsp3) is 0.500. The van der Waals surface area contributed by atoms with E-state index >= 15 is 0 Å². The third kappa shape index (κ3) is 3.48. The van der Waals surface area contributed by atoms with Crippen LogP contribution < -0.4 is 5.32 Å². The Bertz CT molecular complexity index is 495. The number of nitrogens with one attached hydrogen (secondary N) is 1. The van der Waals surface area contributed by atoms with E-state index in [4.69, 9.17) is 9.05 Å². The Morgan fingerprint density at radius 1 is 1.25 bits per heavy atom. The Labute approximate surface area is 119 Å². The van der Waals surface area contributed by atoms with Gasteiger partial charge >= 0.3 is 7.60 Å². The van der Waals surface area contributed by atoms with Gasteiger partial charge < -0.3 is 14.4 Å². The van der Waals surface area contributed by atoms with Crippen LogP contribution in [-0.4, -0.2) is 24.8 Å². The molecule has 0 aliphatic heterocycles. The number of rotatable bonds is 7. The molecule has 5 nitrogen and oxygen atoms in total.